The van der Waals surface area contributed by atoms with Gasteiger partial charge in [0.1, 0.15) is 28.9 Å². The van der Waals surface area contributed by atoms with Gasteiger partial charge >= 0.3 is 0 Å². The number of nitrogens with two attached hydrogens (primary N) is 1. The highest BCUT2D eigenvalue weighted by molar-refractivity contribution is 9.10. The molecule has 2 N–H and O–H groups in total. The van der Waals surface area contributed by atoms with Crippen LogP contribution in [0.5, 0.6) is 17.2 Å². The minimum absolute atomic E-state index is 0.0882. The number of methoxy groups -OCH3 is 2. The van der Waals surface area contributed by atoms with E-state index >= 15 is 0 Å². The van der Waals surface area contributed by atoms with Crippen LogP contribution in [0.3, 0.4) is 0 Å². The highest BCUT2D eigenvalue weighted by atomic mass is 79.9. The lowest BCUT2D eigenvalue weighted by Crippen LogP contribution is -2.21. The fraction of sp³-hybridized carbons (Fsp3) is 0.167. The lowest BCUT2D eigenvalue weighted by molar-refractivity contribution is 0.377. The van der Waals surface area contributed by atoms with Crippen LogP contribution in [0.4, 0.5) is 0 Å². The van der Waals surface area contributed by atoms with Gasteiger partial charge in [-0.05, 0) is 24.3 Å². The van der Waals surface area contributed by atoms with Crippen LogP contribution in [0.15, 0.2) is 52.3 Å². The lowest BCUT2D eigenvalue weighted by atomic mass is 9.83. The first-order valence-electron chi connectivity index (χ1n) is 7.18. The molecule has 1 aliphatic rings. The smallest absolute Gasteiger partial charge is 0.205 e. The van der Waals surface area contributed by atoms with Crippen molar-refractivity contribution in [3.05, 3.63) is 63.5 Å². The van der Waals surface area contributed by atoms with Crippen molar-refractivity contribution >= 4 is 15.9 Å². The topological polar surface area (TPSA) is 77.5 Å². The van der Waals surface area contributed by atoms with Gasteiger partial charge in [-0.1, -0.05) is 22.0 Å². The fourth-order valence-corrected chi connectivity index (χ4v) is 3.19. The summed E-state index contributed by atoms with van der Waals surface area (Å²) in [5.74, 6) is 1.61. The van der Waals surface area contributed by atoms with E-state index < -0.39 is 0 Å². The first-order valence-corrected chi connectivity index (χ1v) is 7.97. The summed E-state index contributed by atoms with van der Waals surface area (Å²) >= 11 is 3.47. The maximum absolute atomic E-state index is 9.61. The van der Waals surface area contributed by atoms with Gasteiger partial charge < -0.3 is 19.9 Å². The number of ether oxygens (including phenoxy) is 3. The molecule has 0 radical (unpaired) electrons. The van der Waals surface area contributed by atoms with E-state index in [1.165, 1.54) is 0 Å². The first-order chi connectivity index (χ1) is 11.6. The Labute approximate surface area is 148 Å². The van der Waals surface area contributed by atoms with Crippen LogP contribution in [-0.4, -0.2) is 14.2 Å². The van der Waals surface area contributed by atoms with E-state index in [-0.39, 0.29) is 11.8 Å². The van der Waals surface area contributed by atoms with E-state index in [1.54, 1.807) is 20.3 Å². The third-order valence-corrected chi connectivity index (χ3v) is 4.42. The molecule has 0 bridgehead atoms. The SMILES string of the molecule is COc1ccc2c(c1)OC(N)=C(C#N)[C@@H]2c1cc(Br)ccc1OC. The minimum atomic E-state index is -0.378. The number of halogens is 1. The summed E-state index contributed by atoms with van der Waals surface area (Å²) in [4.78, 5) is 0. The van der Waals surface area contributed by atoms with E-state index in [2.05, 4.69) is 22.0 Å². The van der Waals surface area contributed by atoms with Crippen molar-refractivity contribution in [2.45, 2.75) is 5.92 Å². The number of fused-ring (bicyclic) bond motifs is 1. The fourth-order valence-electron chi connectivity index (χ4n) is 2.81. The largest absolute Gasteiger partial charge is 0.497 e. The molecule has 0 aliphatic carbocycles. The molecule has 6 heteroatoms. The van der Waals surface area contributed by atoms with Crippen molar-refractivity contribution < 1.29 is 14.2 Å². The maximum atomic E-state index is 9.61. The molecule has 0 saturated carbocycles. The zero-order valence-electron chi connectivity index (χ0n) is 13.2. The maximum Gasteiger partial charge on any atom is 0.205 e. The molecule has 1 heterocycles. The molecule has 0 aromatic heterocycles. The van der Waals surface area contributed by atoms with Crippen molar-refractivity contribution in [2.75, 3.05) is 14.2 Å². The Morgan fingerprint density at radius 1 is 1.12 bits per heavy atom. The molecule has 1 aliphatic heterocycles. The summed E-state index contributed by atoms with van der Waals surface area (Å²) < 4.78 is 17.2. The summed E-state index contributed by atoms with van der Waals surface area (Å²) in [6, 6.07) is 13.3. The van der Waals surface area contributed by atoms with Crippen LogP contribution in [0.2, 0.25) is 0 Å². The Morgan fingerprint density at radius 2 is 1.92 bits per heavy atom. The number of nitriles is 1. The highest BCUT2D eigenvalue weighted by Crippen LogP contribution is 2.46. The lowest BCUT2D eigenvalue weighted by Gasteiger charge is -2.27. The molecule has 1 atom stereocenters. The predicted molar refractivity (Wildman–Crippen MR) is 93.0 cm³/mol. The number of hydrogen-bond acceptors (Lipinski definition) is 5. The standard InChI is InChI=1S/C18H15BrN2O3/c1-22-11-4-5-12-16(8-11)24-18(21)14(9-20)17(12)13-7-10(19)3-6-15(13)23-2/h3-8,17H,21H2,1-2H3/t17-/m0/s1. The number of nitrogens with zero attached hydrogens (tertiary/aromatic N) is 1. The minimum Gasteiger partial charge on any atom is -0.497 e. The average Bonchev–Trinajstić information content (AvgIpc) is 2.59. The molecule has 24 heavy (non-hydrogen) atoms. The van der Waals surface area contributed by atoms with Gasteiger partial charge in [0.2, 0.25) is 5.88 Å². The van der Waals surface area contributed by atoms with Crippen LogP contribution < -0.4 is 19.9 Å². The van der Waals surface area contributed by atoms with Gasteiger partial charge in [0.15, 0.2) is 0 Å². The third kappa shape index (κ3) is 2.68. The second-order valence-corrected chi connectivity index (χ2v) is 6.13. The molecule has 2 aromatic carbocycles. The molecule has 0 unspecified atom stereocenters. The summed E-state index contributed by atoms with van der Waals surface area (Å²) in [5, 5.41) is 9.61. The Bertz CT molecular complexity index is 871. The summed E-state index contributed by atoms with van der Waals surface area (Å²) in [6.45, 7) is 0. The van der Waals surface area contributed by atoms with Crippen molar-refractivity contribution in [1.29, 1.82) is 5.26 Å². The van der Waals surface area contributed by atoms with Crippen molar-refractivity contribution in [2.24, 2.45) is 5.73 Å². The van der Waals surface area contributed by atoms with Crippen molar-refractivity contribution in [1.82, 2.24) is 0 Å². The van der Waals surface area contributed by atoms with Gasteiger partial charge in [0.05, 0.1) is 20.1 Å². The second kappa shape index (κ2) is 6.46. The molecule has 3 rings (SSSR count). The normalized spacial score (nSPS) is 16.0. The molecule has 5 nitrogen and oxygen atoms in total. The summed E-state index contributed by atoms with van der Waals surface area (Å²) in [5.41, 5.74) is 8.01. The van der Waals surface area contributed by atoms with Gasteiger partial charge in [-0.15, -0.1) is 0 Å². The number of rotatable bonds is 3. The molecular formula is C18H15BrN2O3. The first kappa shape index (κ1) is 16.2. The molecule has 0 spiro atoms. The number of benzene rings is 2. The number of hydrogen-bond donors (Lipinski definition) is 1. The molecule has 0 fully saturated rings. The van der Waals surface area contributed by atoms with E-state index in [0.717, 1.165) is 15.6 Å². The van der Waals surface area contributed by atoms with Crippen molar-refractivity contribution in [3.63, 3.8) is 0 Å². The third-order valence-electron chi connectivity index (χ3n) is 3.93. The van der Waals surface area contributed by atoms with E-state index in [1.807, 2.05) is 30.3 Å². The number of allylic oxidation sites excluding steroid dienone is 1. The monoisotopic (exact) mass is 386 g/mol. The average molecular weight is 387 g/mol. The zero-order chi connectivity index (χ0) is 17.3. The Hall–Kier alpha value is -2.65. The predicted octanol–water partition coefficient (Wildman–Crippen LogP) is 3.68. The molecule has 0 amide bonds. The Kier molecular flexibility index (Phi) is 4.36. The summed E-state index contributed by atoms with van der Waals surface area (Å²) in [6.07, 6.45) is 0. The van der Waals surface area contributed by atoms with Gasteiger partial charge in [0.25, 0.3) is 0 Å². The summed E-state index contributed by atoms with van der Waals surface area (Å²) in [7, 11) is 3.18. The van der Waals surface area contributed by atoms with Gasteiger partial charge in [-0.3, -0.25) is 0 Å². The van der Waals surface area contributed by atoms with E-state index in [0.29, 0.717) is 22.8 Å². The van der Waals surface area contributed by atoms with Crippen LogP contribution in [-0.2, 0) is 0 Å². The molecular weight excluding hydrogens is 372 g/mol. The van der Waals surface area contributed by atoms with E-state index in [4.69, 9.17) is 19.9 Å². The van der Waals surface area contributed by atoms with Crippen LogP contribution in [0.1, 0.15) is 17.0 Å². The van der Waals surface area contributed by atoms with Gasteiger partial charge in [-0.25, -0.2) is 0 Å². The molecule has 2 aromatic rings. The Morgan fingerprint density at radius 3 is 2.58 bits per heavy atom. The van der Waals surface area contributed by atoms with Crippen LogP contribution in [0.25, 0.3) is 0 Å². The Balaban J connectivity index is 2.26. The molecule has 0 saturated heterocycles. The second-order valence-electron chi connectivity index (χ2n) is 5.21. The quantitative estimate of drug-likeness (QED) is 0.870. The van der Waals surface area contributed by atoms with Crippen LogP contribution in [0, 0.1) is 11.3 Å². The highest BCUT2D eigenvalue weighted by Gasteiger charge is 2.32. The zero-order valence-corrected chi connectivity index (χ0v) is 14.8. The van der Waals surface area contributed by atoms with E-state index in [9.17, 15) is 5.26 Å². The molecule has 122 valence electrons. The van der Waals surface area contributed by atoms with Gasteiger partial charge in [0, 0.05) is 21.7 Å². The van der Waals surface area contributed by atoms with Gasteiger partial charge in [-0.2, -0.15) is 5.26 Å². The van der Waals surface area contributed by atoms with Crippen LogP contribution >= 0.6 is 15.9 Å². The van der Waals surface area contributed by atoms with Crippen molar-refractivity contribution in [3.8, 4) is 23.3 Å².